The first kappa shape index (κ1) is 14.3. The van der Waals surface area contributed by atoms with Gasteiger partial charge in [-0.3, -0.25) is 4.79 Å². The highest BCUT2D eigenvalue weighted by molar-refractivity contribution is 7.12. The van der Waals surface area contributed by atoms with Crippen molar-refractivity contribution in [2.45, 2.75) is 20.5 Å². The number of nitrogens with two attached hydrogens (primary N) is 1. The van der Waals surface area contributed by atoms with Crippen LogP contribution in [0.2, 0.25) is 0 Å². The molecule has 0 aliphatic heterocycles. The van der Waals surface area contributed by atoms with Gasteiger partial charge in [-0.1, -0.05) is 0 Å². The number of aryl methyl sites for hydroxylation is 3. The van der Waals surface area contributed by atoms with Crippen LogP contribution in [0.4, 0.5) is 0 Å². The molecule has 106 valence electrons. The molecule has 2 aromatic heterocycles. The Morgan fingerprint density at radius 1 is 1.35 bits per heavy atom. The summed E-state index contributed by atoms with van der Waals surface area (Å²) in [4.78, 5) is 25.4. The Hall–Kier alpha value is -2.08. The summed E-state index contributed by atoms with van der Waals surface area (Å²) < 4.78 is 6.81. The van der Waals surface area contributed by atoms with Crippen molar-refractivity contribution < 1.29 is 14.3 Å². The minimum atomic E-state index is -0.566. The number of rotatable bonds is 4. The lowest BCUT2D eigenvalue weighted by atomic mass is 10.2. The third-order valence-electron chi connectivity index (χ3n) is 3.00. The van der Waals surface area contributed by atoms with Crippen molar-refractivity contribution in [3.05, 3.63) is 44.9 Å². The average molecular weight is 292 g/mol. The molecule has 6 heteroatoms. The molecule has 0 radical (unpaired) electrons. The second kappa shape index (κ2) is 5.50. The van der Waals surface area contributed by atoms with E-state index in [0.717, 1.165) is 10.4 Å². The van der Waals surface area contributed by atoms with Crippen molar-refractivity contribution in [3.8, 4) is 0 Å². The number of carbonyl (C=O) groups excluding carboxylic acids is 2. The number of ether oxygens (including phenoxy) is 1. The average Bonchev–Trinajstić information content (AvgIpc) is 2.89. The molecule has 0 fully saturated rings. The summed E-state index contributed by atoms with van der Waals surface area (Å²) in [6.07, 6.45) is 1.51. The van der Waals surface area contributed by atoms with Crippen LogP contribution in [-0.4, -0.2) is 16.4 Å². The number of thiophene rings is 1. The predicted molar refractivity (Wildman–Crippen MR) is 76.8 cm³/mol. The van der Waals surface area contributed by atoms with Crippen molar-refractivity contribution in [1.29, 1.82) is 0 Å². The molecule has 0 saturated carbocycles. The summed E-state index contributed by atoms with van der Waals surface area (Å²) in [6, 6.07) is 3.45. The van der Waals surface area contributed by atoms with Crippen LogP contribution in [-0.2, 0) is 18.4 Å². The number of amides is 1. The Kier molecular flexibility index (Phi) is 3.94. The predicted octanol–water partition coefficient (Wildman–Crippen LogP) is 2.16. The molecule has 0 aliphatic rings. The largest absolute Gasteiger partial charge is 0.456 e. The van der Waals surface area contributed by atoms with E-state index in [4.69, 9.17) is 10.5 Å². The van der Waals surface area contributed by atoms with Crippen LogP contribution >= 0.6 is 11.3 Å². The summed E-state index contributed by atoms with van der Waals surface area (Å²) in [5.74, 6) is -1.03. The Balaban J connectivity index is 2.09. The summed E-state index contributed by atoms with van der Waals surface area (Å²) in [5, 5.41) is 0. The van der Waals surface area contributed by atoms with Crippen molar-refractivity contribution >= 4 is 23.2 Å². The summed E-state index contributed by atoms with van der Waals surface area (Å²) in [5.41, 5.74) is 6.79. The molecule has 2 heterocycles. The third kappa shape index (κ3) is 2.91. The lowest BCUT2D eigenvalue weighted by Gasteiger charge is -2.05. The zero-order valence-electron chi connectivity index (χ0n) is 11.6. The van der Waals surface area contributed by atoms with Gasteiger partial charge in [0.05, 0.1) is 5.56 Å². The van der Waals surface area contributed by atoms with E-state index in [2.05, 4.69) is 0 Å². The molecule has 0 spiro atoms. The molecule has 0 atom stereocenters. The van der Waals surface area contributed by atoms with E-state index in [1.165, 1.54) is 21.7 Å². The fourth-order valence-electron chi connectivity index (χ4n) is 1.95. The van der Waals surface area contributed by atoms with Crippen LogP contribution in [0, 0.1) is 13.8 Å². The normalized spacial score (nSPS) is 10.6. The number of hydrogen-bond acceptors (Lipinski definition) is 4. The number of primary amides is 1. The van der Waals surface area contributed by atoms with E-state index < -0.39 is 11.9 Å². The van der Waals surface area contributed by atoms with E-state index in [9.17, 15) is 9.59 Å². The lowest BCUT2D eigenvalue weighted by molar-refractivity contribution is 0.0461. The summed E-state index contributed by atoms with van der Waals surface area (Å²) in [7, 11) is 1.67. The molecular weight excluding hydrogens is 276 g/mol. The van der Waals surface area contributed by atoms with Gasteiger partial charge in [-0.05, 0) is 26.0 Å². The second-order valence-electron chi connectivity index (χ2n) is 4.60. The van der Waals surface area contributed by atoms with Gasteiger partial charge in [0.2, 0.25) is 5.91 Å². The van der Waals surface area contributed by atoms with Gasteiger partial charge in [0.25, 0.3) is 0 Å². The van der Waals surface area contributed by atoms with Crippen LogP contribution < -0.4 is 5.73 Å². The van der Waals surface area contributed by atoms with E-state index in [-0.39, 0.29) is 6.61 Å². The van der Waals surface area contributed by atoms with Crippen LogP contribution in [0.15, 0.2) is 18.3 Å². The molecular formula is C14H16N2O3S. The van der Waals surface area contributed by atoms with Crippen molar-refractivity contribution in [2.24, 2.45) is 12.8 Å². The zero-order valence-corrected chi connectivity index (χ0v) is 12.4. The van der Waals surface area contributed by atoms with Gasteiger partial charge in [-0.25, -0.2) is 4.79 Å². The fourth-order valence-corrected chi connectivity index (χ4v) is 2.88. The van der Waals surface area contributed by atoms with Crippen LogP contribution in [0.1, 0.15) is 36.2 Å². The molecule has 0 aliphatic carbocycles. The maximum atomic E-state index is 12.0. The number of carbonyl (C=O) groups is 2. The first-order chi connectivity index (χ1) is 9.38. The van der Waals surface area contributed by atoms with Crippen LogP contribution in [0.3, 0.4) is 0 Å². The molecule has 5 nitrogen and oxygen atoms in total. The van der Waals surface area contributed by atoms with Gasteiger partial charge in [0, 0.05) is 28.6 Å². The van der Waals surface area contributed by atoms with Crippen molar-refractivity contribution in [3.63, 3.8) is 0 Å². The minimum absolute atomic E-state index is 0.228. The number of aromatic nitrogens is 1. The van der Waals surface area contributed by atoms with Gasteiger partial charge >= 0.3 is 5.97 Å². The fraction of sp³-hybridized carbons (Fsp3) is 0.286. The van der Waals surface area contributed by atoms with Crippen molar-refractivity contribution in [1.82, 2.24) is 4.57 Å². The molecule has 2 rings (SSSR count). The summed E-state index contributed by atoms with van der Waals surface area (Å²) >= 11 is 1.67. The number of nitrogens with zero attached hydrogens (tertiary/aromatic N) is 1. The van der Waals surface area contributed by atoms with E-state index in [1.54, 1.807) is 18.4 Å². The topological polar surface area (TPSA) is 74.3 Å². The SMILES string of the molecule is Cc1cc(COC(=O)c2cc(C(N)=O)cn2C)c(C)s1. The van der Waals surface area contributed by atoms with Crippen LogP contribution in [0.25, 0.3) is 0 Å². The first-order valence-corrected chi connectivity index (χ1v) is 6.89. The van der Waals surface area contributed by atoms with E-state index in [0.29, 0.717) is 11.3 Å². The molecule has 20 heavy (non-hydrogen) atoms. The maximum Gasteiger partial charge on any atom is 0.355 e. The molecule has 0 saturated heterocycles. The first-order valence-electron chi connectivity index (χ1n) is 6.07. The molecule has 0 bridgehead atoms. The lowest BCUT2D eigenvalue weighted by Crippen LogP contribution is -2.10. The quantitative estimate of drug-likeness (QED) is 0.877. The summed E-state index contributed by atoms with van der Waals surface area (Å²) in [6.45, 7) is 4.24. The second-order valence-corrected chi connectivity index (χ2v) is 6.06. The monoisotopic (exact) mass is 292 g/mol. The van der Waals surface area contributed by atoms with E-state index >= 15 is 0 Å². The Labute approximate surface area is 121 Å². The number of esters is 1. The van der Waals surface area contributed by atoms with Crippen LogP contribution in [0.5, 0.6) is 0 Å². The van der Waals surface area contributed by atoms with Gasteiger partial charge < -0.3 is 15.0 Å². The zero-order chi connectivity index (χ0) is 14.9. The Morgan fingerprint density at radius 3 is 2.55 bits per heavy atom. The van der Waals surface area contributed by atoms with Gasteiger partial charge in [0.15, 0.2) is 0 Å². The standard InChI is InChI=1S/C14H16N2O3S/c1-8-4-11(9(2)20-8)7-19-14(18)12-5-10(13(15)17)6-16(12)3/h4-6H,7H2,1-3H3,(H2,15,17). The molecule has 0 aromatic carbocycles. The highest BCUT2D eigenvalue weighted by atomic mass is 32.1. The Bertz CT molecular complexity index is 670. The smallest absolute Gasteiger partial charge is 0.355 e. The van der Waals surface area contributed by atoms with Gasteiger partial charge in [0.1, 0.15) is 12.3 Å². The number of hydrogen-bond donors (Lipinski definition) is 1. The Morgan fingerprint density at radius 2 is 2.05 bits per heavy atom. The van der Waals surface area contributed by atoms with E-state index in [1.807, 2.05) is 19.9 Å². The van der Waals surface area contributed by atoms with Crippen molar-refractivity contribution in [2.75, 3.05) is 0 Å². The molecule has 2 aromatic rings. The third-order valence-corrected chi connectivity index (χ3v) is 4.01. The highest BCUT2D eigenvalue weighted by Gasteiger charge is 2.16. The maximum absolute atomic E-state index is 12.0. The van der Waals surface area contributed by atoms with Gasteiger partial charge in [-0.2, -0.15) is 0 Å². The minimum Gasteiger partial charge on any atom is -0.456 e. The highest BCUT2D eigenvalue weighted by Crippen LogP contribution is 2.21. The molecule has 1 amide bonds. The van der Waals surface area contributed by atoms with Gasteiger partial charge in [-0.15, -0.1) is 11.3 Å². The molecule has 2 N–H and O–H groups in total. The molecule has 0 unspecified atom stereocenters.